The van der Waals surface area contributed by atoms with Gasteiger partial charge >= 0.3 is 5.97 Å². The molecular formula is C8H9N4O2+. The Bertz CT molecular complexity index is 383. The van der Waals surface area contributed by atoms with Gasteiger partial charge in [-0.1, -0.05) is 5.53 Å². The molecule has 0 atom stereocenters. The van der Waals surface area contributed by atoms with E-state index in [0.29, 0.717) is 5.69 Å². The first-order valence-corrected chi connectivity index (χ1v) is 3.79. The number of hydrogen-bond donors (Lipinski definition) is 2. The molecule has 0 aliphatic carbocycles. The molecule has 0 bridgehead atoms. The van der Waals surface area contributed by atoms with Crippen molar-refractivity contribution in [3.05, 3.63) is 29.8 Å². The molecule has 2 N–H and O–H groups in total. The maximum Gasteiger partial charge on any atom is 0.335 e. The van der Waals surface area contributed by atoms with Gasteiger partial charge in [-0.15, -0.1) is 4.70 Å². The lowest BCUT2D eigenvalue weighted by atomic mass is 10.2. The van der Waals surface area contributed by atoms with E-state index in [9.17, 15) is 4.79 Å². The zero-order valence-corrected chi connectivity index (χ0v) is 7.51. The molecule has 0 amide bonds. The van der Waals surface area contributed by atoms with Gasteiger partial charge in [-0.3, -0.25) is 0 Å². The molecular weight excluding hydrogens is 184 g/mol. The van der Waals surface area contributed by atoms with Crippen molar-refractivity contribution < 1.29 is 14.6 Å². The van der Waals surface area contributed by atoms with E-state index in [4.69, 9.17) is 10.6 Å². The van der Waals surface area contributed by atoms with E-state index < -0.39 is 5.97 Å². The van der Waals surface area contributed by atoms with Crippen LogP contribution in [-0.4, -0.2) is 22.8 Å². The van der Waals surface area contributed by atoms with Crippen molar-refractivity contribution in [1.29, 1.82) is 5.53 Å². The summed E-state index contributed by atoms with van der Waals surface area (Å²) in [6.45, 7) is 0. The maximum atomic E-state index is 10.5. The van der Waals surface area contributed by atoms with Gasteiger partial charge in [0.15, 0.2) is 10.4 Å². The second-order valence-electron chi connectivity index (χ2n) is 2.57. The minimum absolute atomic E-state index is 0.213. The number of hydrogen-bond acceptors (Lipinski definition) is 2. The number of aromatic carboxylic acids is 1. The van der Waals surface area contributed by atoms with Crippen molar-refractivity contribution >= 4 is 11.7 Å². The summed E-state index contributed by atoms with van der Waals surface area (Å²) in [6.07, 6.45) is 0. The van der Waals surface area contributed by atoms with Crippen LogP contribution in [0.2, 0.25) is 0 Å². The summed E-state index contributed by atoms with van der Waals surface area (Å²) in [6, 6.07) is 6.12. The molecule has 0 unspecified atom stereocenters. The Labute approximate surface area is 80.0 Å². The molecule has 72 valence electrons. The first-order chi connectivity index (χ1) is 6.65. The molecule has 0 aromatic heterocycles. The highest BCUT2D eigenvalue weighted by Crippen LogP contribution is 2.12. The predicted molar refractivity (Wildman–Crippen MR) is 46.8 cm³/mol. The molecule has 14 heavy (non-hydrogen) atoms. The third-order valence-electron chi connectivity index (χ3n) is 1.67. The van der Waals surface area contributed by atoms with E-state index in [0.717, 1.165) is 0 Å². The molecule has 0 aliphatic rings. The molecule has 0 radical (unpaired) electrons. The Hall–Kier alpha value is -2.11. The van der Waals surface area contributed by atoms with Crippen molar-refractivity contribution in [2.75, 3.05) is 7.05 Å². The first kappa shape index (κ1) is 9.97. The van der Waals surface area contributed by atoms with Crippen LogP contribution in [0.4, 0.5) is 5.69 Å². The topological polar surface area (TPSA) is 88.9 Å². The lowest BCUT2D eigenvalue weighted by molar-refractivity contribution is -0.484. The third-order valence-corrected chi connectivity index (χ3v) is 1.67. The van der Waals surface area contributed by atoms with Gasteiger partial charge in [0, 0.05) is 0 Å². The SMILES string of the molecule is C[N+](=NN=N)c1ccc(C(=O)O)cc1. The molecule has 1 rings (SSSR count). The van der Waals surface area contributed by atoms with Crippen molar-refractivity contribution in [2.45, 2.75) is 0 Å². The number of rotatable bonds is 3. The predicted octanol–water partition coefficient (Wildman–Crippen LogP) is 2.06. The van der Waals surface area contributed by atoms with Crippen LogP contribution in [0.25, 0.3) is 0 Å². The van der Waals surface area contributed by atoms with Crippen LogP contribution in [0.3, 0.4) is 0 Å². The van der Waals surface area contributed by atoms with Gasteiger partial charge in [0.1, 0.15) is 12.7 Å². The lowest BCUT2D eigenvalue weighted by Crippen LogP contribution is -1.97. The summed E-state index contributed by atoms with van der Waals surface area (Å²) in [5.41, 5.74) is 7.40. The van der Waals surface area contributed by atoms with Gasteiger partial charge < -0.3 is 5.11 Å². The average molecular weight is 193 g/mol. The van der Waals surface area contributed by atoms with Crippen LogP contribution < -0.4 is 0 Å². The summed E-state index contributed by atoms with van der Waals surface area (Å²) < 4.78 is 1.37. The monoisotopic (exact) mass is 193 g/mol. The van der Waals surface area contributed by atoms with E-state index in [-0.39, 0.29) is 5.56 Å². The number of carbonyl (C=O) groups is 1. The molecule has 6 heteroatoms. The van der Waals surface area contributed by atoms with Gasteiger partial charge in [-0.2, -0.15) is 0 Å². The van der Waals surface area contributed by atoms with E-state index in [2.05, 4.69) is 10.4 Å². The van der Waals surface area contributed by atoms with Crippen LogP contribution in [-0.2, 0) is 0 Å². The quantitative estimate of drug-likeness (QED) is 0.437. The number of carboxylic acid groups (broad SMARTS) is 1. The van der Waals surface area contributed by atoms with Crippen molar-refractivity contribution in [2.24, 2.45) is 10.4 Å². The van der Waals surface area contributed by atoms with E-state index in [1.54, 1.807) is 19.2 Å². The number of nitrogens with zero attached hydrogens (tertiary/aromatic N) is 3. The van der Waals surface area contributed by atoms with E-state index >= 15 is 0 Å². The summed E-state index contributed by atoms with van der Waals surface area (Å²) in [7, 11) is 1.62. The average Bonchev–Trinajstić information content (AvgIpc) is 2.18. The number of benzene rings is 1. The van der Waals surface area contributed by atoms with Crippen LogP contribution in [0.15, 0.2) is 34.7 Å². The first-order valence-electron chi connectivity index (χ1n) is 3.79. The maximum absolute atomic E-state index is 10.5. The largest absolute Gasteiger partial charge is 0.478 e. The lowest BCUT2D eigenvalue weighted by Gasteiger charge is -1.96. The molecule has 6 nitrogen and oxygen atoms in total. The fourth-order valence-electron chi connectivity index (χ4n) is 0.938. The van der Waals surface area contributed by atoms with Crippen LogP contribution in [0.5, 0.6) is 0 Å². The Morgan fingerprint density at radius 2 is 2.00 bits per heavy atom. The van der Waals surface area contributed by atoms with Crippen molar-refractivity contribution in [3.63, 3.8) is 0 Å². The Balaban J connectivity index is 2.99. The Morgan fingerprint density at radius 1 is 1.43 bits per heavy atom. The standard InChI is InChI=1S/C8H8N4O2/c1-12(11-10-9)7-4-2-6(3-5-7)8(13)14/h2-5,9H,1H3/p+1. The van der Waals surface area contributed by atoms with Gasteiger partial charge in [-0.25, -0.2) is 4.79 Å². The molecule has 1 aromatic carbocycles. The molecule has 1 aromatic rings. The third kappa shape index (κ3) is 2.19. The highest BCUT2D eigenvalue weighted by atomic mass is 16.4. The molecule has 0 heterocycles. The summed E-state index contributed by atoms with van der Waals surface area (Å²) >= 11 is 0. The molecule has 0 fully saturated rings. The second kappa shape index (κ2) is 4.22. The van der Waals surface area contributed by atoms with Crippen molar-refractivity contribution in [3.8, 4) is 0 Å². The van der Waals surface area contributed by atoms with Gasteiger partial charge in [-0.05, 0) is 24.3 Å². The van der Waals surface area contributed by atoms with E-state index in [1.807, 2.05) is 0 Å². The van der Waals surface area contributed by atoms with Gasteiger partial charge in [0.25, 0.3) is 0 Å². The van der Waals surface area contributed by atoms with E-state index in [1.165, 1.54) is 16.8 Å². The van der Waals surface area contributed by atoms with Crippen LogP contribution >= 0.6 is 0 Å². The minimum atomic E-state index is -0.971. The summed E-state index contributed by atoms with van der Waals surface area (Å²) in [4.78, 5) is 10.5. The van der Waals surface area contributed by atoms with Crippen LogP contribution in [0.1, 0.15) is 10.4 Å². The second-order valence-corrected chi connectivity index (χ2v) is 2.57. The summed E-state index contributed by atoms with van der Waals surface area (Å²) in [5.74, 6) is -0.971. The summed E-state index contributed by atoms with van der Waals surface area (Å²) in [5, 5.41) is 14.9. The van der Waals surface area contributed by atoms with Crippen LogP contribution in [0, 0.1) is 5.53 Å². The zero-order valence-electron chi connectivity index (χ0n) is 7.51. The van der Waals surface area contributed by atoms with Gasteiger partial charge in [0.2, 0.25) is 0 Å². The fraction of sp³-hybridized carbons (Fsp3) is 0.125. The number of carboxylic acids is 1. The number of nitrogens with one attached hydrogen (secondary N) is 1. The fourth-order valence-corrected chi connectivity index (χ4v) is 0.938. The Morgan fingerprint density at radius 3 is 2.43 bits per heavy atom. The highest BCUT2D eigenvalue weighted by molar-refractivity contribution is 5.87. The highest BCUT2D eigenvalue weighted by Gasteiger charge is 2.04. The van der Waals surface area contributed by atoms with Crippen molar-refractivity contribution in [1.82, 2.24) is 0 Å². The molecule has 0 saturated heterocycles. The molecule has 0 saturated carbocycles. The zero-order chi connectivity index (χ0) is 10.6. The smallest absolute Gasteiger partial charge is 0.335 e. The normalized spacial score (nSPS) is 11.1. The van der Waals surface area contributed by atoms with Gasteiger partial charge in [0.05, 0.1) is 5.56 Å². The molecule has 0 spiro atoms. The Kier molecular flexibility index (Phi) is 3.01. The minimum Gasteiger partial charge on any atom is -0.478 e. The molecule has 0 aliphatic heterocycles.